The molecule has 1 aliphatic rings. The van der Waals surface area contributed by atoms with Crippen LogP contribution in [0.5, 0.6) is 5.75 Å². The van der Waals surface area contributed by atoms with Crippen molar-refractivity contribution < 1.29 is 9.15 Å². The van der Waals surface area contributed by atoms with E-state index < -0.39 is 0 Å². The number of ether oxygens (including phenoxy) is 1. The van der Waals surface area contributed by atoms with E-state index in [0.29, 0.717) is 6.04 Å². The van der Waals surface area contributed by atoms with Gasteiger partial charge >= 0.3 is 0 Å². The molecule has 0 amide bonds. The Labute approximate surface area is 125 Å². The van der Waals surface area contributed by atoms with Gasteiger partial charge in [-0.3, -0.25) is 4.90 Å². The summed E-state index contributed by atoms with van der Waals surface area (Å²) in [5.41, 5.74) is 1.02. The predicted molar refractivity (Wildman–Crippen MR) is 82.1 cm³/mol. The van der Waals surface area contributed by atoms with Crippen LogP contribution in [0.2, 0.25) is 0 Å². The number of oxazole rings is 1. The summed E-state index contributed by atoms with van der Waals surface area (Å²) in [6.45, 7) is 3.04. The third-order valence-corrected chi connectivity index (χ3v) is 4.31. The van der Waals surface area contributed by atoms with Crippen molar-refractivity contribution in [3.8, 4) is 17.1 Å². The molecule has 0 N–H and O–H groups in total. The fourth-order valence-corrected chi connectivity index (χ4v) is 2.57. The Kier molecular flexibility index (Phi) is 3.97. The zero-order valence-corrected chi connectivity index (χ0v) is 12.9. The van der Waals surface area contributed by atoms with Gasteiger partial charge in [0, 0.05) is 11.6 Å². The average Bonchev–Trinajstić information content (AvgIpc) is 3.26. The number of benzene rings is 1. The molecule has 1 aliphatic carbocycles. The molecule has 4 heteroatoms. The van der Waals surface area contributed by atoms with Crippen LogP contribution in [-0.2, 0) is 6.54 Å². The van der Waals surface area contributed by atoms with E-state index in [2.05, 4.69) is 23.9 Å². The molecule has 3 rings (SSSR count). The van der Waals surface area contributed by atoms with Crippen molar-refractivity contribution in [3.05, 3.63) is 36.4 Å². The van der Waals surface area contributed by atoms with Crippen LogP contribution >= 0.6 is 0 Å². The van der Waals surface area contributed by atoms with Gasteiger partial charge in [-0.15, -0.1) is 0 Å². The quantitative estimate of drug-likeness (QED) is 0.813. The van der Waals surface area contributed by atoms with Crippen LogP contribution < -0.4 is 4.74 Å². The fourth-order valence-electron chi connectivity index (χ4n) is 2.57. The lowest BCUT2D eigenvalue weighted by Crippen LogP contribution is -2.30. The van der Waals surface area contributed by atoms with Crippen LogP contribution in [0.25, 0.3) is 11.3 Å². The van der Waals surface area contributed by atoms with Gasteiger partial charge in [0.1, 0.15) is 5.75 Å². The average molecular weight is 286 g/mol. The number of nitrogens with zero attached hydrogens (tertiary/aromatic N) is 2. The summed E-state index contributed by atoms with van der Waals surface area (Å²) in [5.74, 6) is 3.28. The normalized spacial score (nSPS) is 16.2. The van der Waals surface area contributed by atoms with Crippen LogP contribution in [0.3, 0.4) is 0 Å². The minimum atomic E-state index is 0.598. The summed E-state index contributed by atoms with van der Waals surface area (Å²) in [5, 5.41) is 0. The standard InChI is InChI=1S/C17H22N2O2/c1-12(13-4-5-13)19(2)11-17-18-10-16(21-17)14-6-8-15(20-3)9-7-14/h6-10,12-13H,4-5,11H2,1-3H3. The maximum atomic E-state index is 5.87. The first kappa shape index (κ1) is 14.1. The molecule has 1 fully saturated rings. The van der Waals surface area contributed by atoms with Gasteiger partial charge in [-0.05, 0) is 57.0 Å². The van der Waals surface area contributed by atoms with Gasteiger partial charge in [0.2, 0.25) is 5.89 Å². The van der Waals surface area contributed by atoms with Crippen LogP contribution in [0.15, 0.2) is 34.9 Å². The summed E-state index contributed by atoms with van der Waals surface area (Å²) >= 11 is 0. The van der Waals surface area contributed by atoms with E-state index in [1.807, 2.05) is 24.3 Å². The summed E-state index contributed by atoms with van der Waals surface area (Å²) in [6.07, 6.45) is 4.51. The molecular formula is C17H22N2O2. The molecule has 1 saturated carbocycles. The minimum Gasteiger partial charge on any atom is -0.497 e. The van der Waals surface area contributed by atoms with E-state index in [4.69, 9.17) is 9.15 Å². The molecule has 0 saturated heterocycles. The molecule has 1 heterocycles. The molecule has 1 aromatic heterocycles. The van der Waals surface area contributed by atoms with Crippen LogP contribution in [-0.4, -0.2) is 30.1 Å². The smallest absolute Gasteiger partial charge is 0.209 e. The number of hydrogen-bond donors (Lipinski definition) is 0. The Morgan fingerprint density at radius 2 is 2.05 bits per heavy atom. The van der Waals surface area contributed by atoms with Crippen molar-refractivity contribution in [1.29, 1.82) is 0 Å². The van der Waals surface area contributed by atoms with Crippen LogP contribution in [0.1, 0.15) is 25.7 Å². The topological polar surface area (TPSA) is 38.5 Å². The zero-order valence-electron chi connectivity index (χ0n) is 12.9. The Balaban J connectivity index is 1.67. The minimum absolute atomic E-state index is 0.598. The number of hydrogen-bond acceptors (Lipinski definition) is 4. The van der Waals surface area contributed by atoms with E-state index in [-0.39, 0.29) is 0 Å². The first-order valence-electron chi connectivity index (χ1n) is 7.46. The second-order valence-corrected chi connectivity index (χ2v) is 5.84. The molecule has 0 bridgehead atoms. The SMILES string of the molecule is COc1ccc(-c2cnc(CN(C)C(C)C3CC3)o2)cc1. The summed E-state index contributed by atoms with van der Waals surface area (Å²) in [7, 11) is 3.80. The van der Waals surface area contributed by atoms with Gasteiger partial charge in [-0.25, -0.2) is 4.98 Å². The van der Waals surface area contributed by atoms with Gasteiger partial charge in [-0.1, -0.05) is 0 Å². The Hall–Kier alpha value is -1.81. The molecule has 2 aromatic rings. The summed E-state index contributed by atoms with van der Waals surface area (Å²) in [6, 6.07) is 8.43. The predicted octanol–water partition coefficient (Wildman–Crippen LogP) is 3.58. The maximum absolute atomic E-state index is 5.87. The Bertz CT molecular complexity index is 587. The number of aromatic nitrogens is 1. The van der Waals surface area contributed by atoms with Gasteiger partial charge in [-0.2, -0.15) is 0 Å². The third kappa shape index (κ3) is 3.27. The molecule has 112 valence electrons. The zero-order chi connectivity index (χ0) is 14.8. The number of rotatable bonds is 6. The van der Waals surface area contributed by atoms with Crippen LogP contribution in [0.4, 0.5) is 0 Å². The second kappa shape index (κ2) is 5.90. The molecule has 1 unspecified atom stereocenters. The summed E-state index contributed by atoms with van der Waals surface area (Å²) < 4.78 is 11.0. The summed E-state index contributed by atoms with van der Waals surface area (Å²) in [4.78, 5) is 6.72. The monoisotopic (exact) mass is 286 g/mol. The molecule has 4 nitrogen and oxygen atoms in total. The van der Waals surface area contributed by atoms with Crippen molar-refractivity contribution >= 4 is 0 Å². The highest BCUT2D eigenvalue weighted by molar-refractivity contribution is 5.57. The lowest BCUT2D eigenvalue weighted by atomic mass is 10.2. The highest BCUT2D eigenvalue weighted by Gasteiger charge is 2.30. The Morgan fingerprint density at radius 1 is 1.33 bits per heavy atom. The lowest BCUT2D eigenvalue weighted by molar-refractivity contribution is 0.207. The van der Waals surface area contributed by atoms with E-state index in [0.717, 1.165) is 35.4 Å². The van der Waals surface area contributed by atoms with Crippen molar-refractivity contribution in [2.24, 2.45) is 5.92 Å². The molecular weight excluding hydrogens is 264 g/mol. The first-order valence-corrected chi connectivity index (χ1v) is 7.46. The Morgan fingerprint density at radius 3 is 2.67 bits per heavy atom. The van der Waals surface area contributed by atoms with Gasteiger partial charge in [0.05, 0.1) is 19.9 Å². The van der Waals surface area contributed by atoms with Crippen molar-refractivity contribution in [1.82, 2.24) is 9.88 Å². The van der Waals surface area contributed by atoms with E-state index in [9.17, 15) is 0 Å². The van der Waals surface area contributed by atoms with Crippen molar-refractivity contribution in [2.45, 2.75) is 32.4 Å². The number of methoxy groups -OCH3 is 1. The highest BCUT2D eigenvalue weighted by Crippen LogP contribution is 2.35. The van der Waals surface area contributed by atoms with Crippen molar-refractivity contribution in [3.63, 3.8) is 0 Å². The molecule has 0 spiro atoms. The third-order valence-electron chi connectivity index (χ3n) is 4.31. The molecule has 1 aromatic carbocycles. The molecule has 1 atom stereocenters. The first-order chi connectivity index (χ1) is 10.2. The van der Waals surface area contributed by atoms with E-state index in [1.54, 1.807) is 13.3 Å². The van der Waals surface area contributed by atoms with Gasteiger partial charge in [0.15, 0.2) is 5.76 Å². The lowest BCUT2D eigenvalue weighted by Gasteiger charge is -2.22. The highest BCUT2D eigenvalue weighted by atomic mass is 16.5. The van der Waals surface area contributed by atoms with Crippen LogP contribution in [0, 0.1) is 5.92 Å². The molecule has 0 radical (unpaired) electrons. The van der Waals surface area contributed by atoms with Crippen molar-refractivity contribution in [2.75, 3.05) is 14.2 Å². The van der Waals surface area contributed by atoms with E-state index >= 15 is 0 Å². The fraction of sp³-hybridized carbons (Fsp3) is 0.471. The molecule has 21 heavy (non-hydrogen) atoms. The maximum Gasteiger partial charge on any atom is 0.209 e. The van der Waals surface area contributed by atoms with E-state index in [1.165, 1.54) is 12.8 Å². The van der Waals surface area contributed by atoms with Gasteiger partial charge in [0.25, 0.3) is 0 Å². The van der Waals surface area contributed by atoms with Gasteiger partial charge < -0.3 is 9.15 Å². The second-order valence-electron chi connectivity index (χ2n) is 5.84. The molecule has 0 aliphatic heterocycles. The largest absolute Gasteiger partial charge is 0.497 e.